The highest BCUT2D eigenvalue weighted by molar-refractivity contribution is 6.00. The highest BCUT2D eigenvalue weighted by Gasteiger charge is 2.44. The molecule has 2 aromatic heterocycles. The van der Waals surface area contributed by atoms with Crippen LogP contribution >= 0.6 is 0 Å². The molecule has 1 atom stereocenters. The fourth-order valence-corrected chi connectivity index (χ4v) is 5.54. The first-order valence-electron chi connectivity index (χ1n) is 12.8. The Hall–Kier alpha value is -4.20. The summed E-state index contributed by atoms with van der Waals surface area (Å²) >= 11 is 0. The smallest absolute Gasteiger partial charge is 0.228 e. The predicted molar refractivity (Wildman–Crippen MR) is 142 cm³/mol. The number of allylic oxidation sites excluding steroid dienone is 2. The van der Waals surface area contributed by atoms with Crippen molar-refractivity contribution in [1.29, 1.82) is 0 Å². The van der Waals surface area contributed by atoms with E-state index in [0.717, 1.165) is 33.8 Å². The second-order valence-corrected chi connectivity index (χ2v) is 10.9. The second-order valence-electron chi connectivity index (χ2n) is 10.9. The lowest BCUT2D eigenvalue weighted by molar-refractivity contribution is -0.118. The summed E-state index contributed by atoms with van der Waals surface area (Å²) in [4.78, 5) is 23.0. The molecule has 194 valence electrons. The van der Waals surface area contributed by atoms with E-state index < -0.39 is 0 Å². The average Bonchev–Trinajstić information content (AvgIpc) is 3.30. The summed E-state index contributed by atoms with van der Waals surface area (Å²) in [6.45, 7) is 8.42. The van der Waals surface area contributed by atoms with Crippen LogP contribution in [-0.4, -0.2) is 32.5 Å². The van der Waals surface area contributed by atoms with Gasteiger partial charge in [0, 0.05) is 24.3 Å². The number of benzene rings is 2. The SMILES string of the molecule is COc1ccc([C@H]2C3=C(CC(C)(C)CC3=O)Oc3ncn4nc(COc5c(C)cccc5C)nc4c32)cc1. The number of ketones is 1. The van der Waals surface area contributed by atoms with Crippen LogP contribution in [0.1, 0.15) is 60.7 Å². The number of hydrogen-bond donors (Lipinski definition) is 0. The summed E-state index contributed by atoms with van der Waals surface area (Å²) in [6.07, 6.45) is 2.72. The number of hydrogen-bond acceptors (Lipinski definition) is 7. The van der Waals surface area contributed by atoms with E-state index >= 15 is 0 Å². The molecule has 0 radical (unpaired) electrons. The maximum absolute atomic E-state index is 13.6. The molecular weight excluding hydrogens is 480 g/mol. The number of rotatable bonds is 5. The number of carbonyl (C=O) groups excluding carboxylic acids is 1. The number of para-hydroxylation sites is 1. The van der Waals surface area contributed by atoms with Crippen LogP contribution < -0.4 is 14.2 Å². The van der Waals surface area contributed by atoms with Crippen molar-refractivity contribution in [1.82, 2.24) is 19.6 Å². The van der Waals surface area contributed by atoms with Crippen molar-refractivity contribution in [2.75, 3.05) is 7.11 Å². The van der Waals surface area contributed by atoms with Gasteiger partial charge in [-0.3, -0.25) is 4.79 Å². The highest BCUT2D eigenvalue weighted by atomic mass is 16.5. The van der Waals surface area contributed by atoms with Crippen LogP contribution in [-0.2, 0) is 11.4 Å². The summed E-state index contributed by atoms with van der Waals surface area (Å²) in [6, 6.07) is 13.8. The van der Waals surface area contributed by atoms with Crippen LogP contribution in [0.3, 0.4) is 0 Å². The molecule has 38 heavy (non-hydrogen) atoms. The Morgan fingerprint density at radius 1 is 1.08 bits per heavy atom. The Bertz CT molecular complexity index is 1580. The lowest BCUT2D eigenvalue weighted by atomic mass is 9.70. The first-order chi connectivity index (χ1) is 18.2. The van der Waals surface area contributed by atoms with Gasteiger partial charge in [0.2, 0.25) is 5.88 Å². The van der Waals surface area contributed by atoms with E-state index in [-0.39, 0.29) is 23.7 Å². The van der Waals surface area contributed by atoms with Crippen LogP contribution in [0, 0.1) is 19.3 Å². The molecule has 0 saturated heterocycles. The zero-order valence-corrected chi connectivity index (χ0v) is 22.2. The summed E-state index contributed by atoms with van der Waals surface area (Å²) < 4.78 is 19.5. The molecule has 2 aliphatic rings. The van der Waals surface area contributed by atoms with Crippen LogP contribution in [0.15, 0.2) is 60.1 Å². The van der Waals surface area contributed by atoms with E-state index in [9.17, 15) is 4.79 Å². The minimum atomic E-state index is -0.379. The van der Waals surface area contributed by atoms with Gasteiger partial charge in [-0.2, -0.15) is 0 Å². The number of nitrogens with zero attached hydrogens (tertiary/aromatic N) is 4. The summed E-state index contributed by atoms with van der Waals surface area (Å²) in [7, 11) is 1.64. The molecule has 0 saturated carbocycles. The molecule has 0 unspecified atom stereocenters. The summed E-state index contributed by atoms with van der Waals surface area (Å²) in [5.41, 5.74) is 4.87. The zero-order chi connectivity index (χ0) is 26.6. The quantitative estimate of drug-likeness (QED) is 0.350. The molecule has 4 aromatic rings. The van der Waals surface area contributed by atoms with Crippen LogP contribution in [0.4, 0.5) is 0 Å². The molecule has 0 amide bonds. The van der Waals surface area contributed by atoms with Crippen LogP contribution in [0.5, 0.6) is 17.4 Å². The maximum Gasteiger partial charge on any atom is 0.228 e. The molecule has 8 nitrogen and oxygen atoms in total. The molecule has 2 aromatic carbocycles. The van der Waals surface area contributed by atoms with Gasteiger partial charge < -0.3 is 14.2 Å². The number of carbonyl (C=O) groups is 1. The standard InChI is InChI=1S/C30H30N4O4/c1-17-7-6-8-18(2)27(17)37-15-23-32-28-26-24(19-9-11-20(36-5)12-10-19)25-21(35)13-30(3,4)14-22(25)38-29(26)31-16-34(28)33-23/h6-12,16,24H,13-15H2,1-5H3/t24-/m0/s1. The number of fused-ring (bicyclic) bond motifs is 3. The summed E-state index contributed by atoms with van der Waals surface area (Å²) in [5.74, 6) is 2.95. The zero-order valence-electron chi connectivity index (χ0n) is 22.2. The number of methoxy groups -OCH3 is 1. The van der Waals surface area contributed by atoms with Crippen LogP contribution in [0.2, 0.25) is 0 Å². The van der Waals surface area contributed by atoms with Gasteiger partial charge >= 0.3 is 0 Å². The van der Waals surface area contributed by atoms with Crippen LogP contribution in [0.25, 0.3) is 5.65 Å². The molecule has 3 heterocycles. The van der Waals surface area contributed by atoms with Gasteiger partial charge in [-0.05, 0) is 48.1 Å². The van der Waals surface area contributed by atoms with Crippen molar-refractivity contribution in [3.05, 3.63) is 88.2 Å². The van der Waals surface area contributed by atoms with Gasteiger partial charge in [0.15, 0.2) is 17.3 Å². The molecule has 0 fully saturated rings. The Morgan fingerprint density at radius 2 is 1.82 bits per heavy atom. The fourth-order valence-electron chi connectivity index (χ4n) is 5.54. The van der Waals surface area contributed by atoms with Gasteiger partial charge in [-0.25, -0.2) is 14.5 Å². The number of ether oxygens (including phenoxy) is 3. The summed E-state index contributed by atoms with van der Waals surface area (Å²) in [5, 5.41) is 4.64. The van der Waals surface area contributed by atoms with Crippen molar-refractivity contribution in [3.8, 4) is 17.4 Å². The van der Waals surface area contributed by atoms with Gasteiger partial charge in [0.25, 0.3) is 0 Å². The third kappa shape index (κ3) is 4.10. The number of Topliss-reactive ketones (excluding diaryl/α,β-unsaturated/α-hetero) is 1. The van der Waals surface area contributed by atoms with E-state index in [4.69, 9.17) is 19.2 Å². The Labute approximate surface area is 221 Å². The fraction of sp³-hybridized carbons (Fsp3) is 0.333. The largest absolute Gasteiger partial charge is 0.497 e. The van der Waals surface area contributed by atoms with E-state index in [1.807, 2.05) is 56.3 Å². The molecule has 8 heteroatoms. The molecule has 6 rings (SSSR count). The van der Waals surface area contributed by atoms with E-state index in [2.05, 4.69) is 23.9 Å². The van der Waals surface area contributed by atoms with Crippen molar-refractivity contribution in [2.24, 2.45) is 5.41 Å². The van der Waals surface area contributed by atoms with Crippen molar-refractivity contribution in [3.63, 3.8) is 0 Å². The Morgan fingerprint density at radius 3 is 2.53 bits per heavy atom. The number of aryl methyl sites for hydroxylation is 2. The van der Waals surface area contributed by atoms with Gasteiger partial charge in [-0.15, -0.1) is 5.10 Å². The van der Waals surface area contributed by atoms with Gasteiger partial charge in [0.1, 0.15) is 30.2 Å². The lowest BCUT2D eigenvalue weighted by Gasteiger charge is -2.37. The van der Waals surface area contributed by atoms with Gasteiger partial charge in [0.05, 0.1) is 12.7 Å². The third-order valence-electron chi connectivity index (χ3n) is 7.31. The predicted octanol–water partition coefficient (Wildman–Crippen LogP) is 5.50. The minimum Gasteiger partial charge on any atom is -0.497 e. The maximum atomic E-state index is 13.6. The molecule has 0 bridgehead atoms. The first kappa shape index (κ1) is 24.2. The van der Waals surface area contributed by atoms with E-state index in [1.165, 1.54) is 0 Å². The molecular formula is C30H30N4O4. The molecule has 1 aliphatic heterocycles. The Kier molecular flexibility index (Phi) is 5.70. The topological polar surface area (TPSA) is 87.8 Å². The van der Waals surface area contributed by atoms with E-state index in [1.54, 1.807) is 18.0 Å². The van der Waals surface area contributed by atoms with Gasteiger partial charge in [-0.1, -0.05) is 44.2 Å². The van der Waals surface area contributed by atoms with Crippen molar-refractivity contribution < 1.29 is 19.0 Å². The first-order valence-corrected chi connectivity index (χ1v) is 12.8. The molecule has 1 aliphatic carbocycles. The molecule has 0 N–H and O–H groups in total. The third-order valence-corrected chi connectivity index (χ3v) is 7.31. The normalized spacial score (nSPS) is 18.1. The molecule has 0 spiro atoms. The number of aromatic nitrogens is 4. The highest BCUT2D eigenvalue weighted by Crippen LogP contribution is 2.50. The monoisotopic (exact) mass is 510 g/mol. The average molecular weight is 511 g/mol. The lowest BCUT2D eigenvalue weighted by Crippen LogP contribution is -2.33. The second kappa shape index (κ2) is 8.97. The van der Waals surface area contributed by atoms with Crippen molar-refractivity contribution >= 4 is 11.4 Å². The van der Waals surface area contributed by atoms with Crippen molar-refractivity contribution in [2.45, 2.75) is 53.1 Å². The van der Waals surface area contributed by atoms with E-state index in [0.29, 0.717) is 41.5 Å². The minimum absolute atomic E-state index is 0.0859. The Balaban J connectivity index is 1.46.